The molecule has 1 aromatic rings. The first-order chi connectivity index (χ1) is 8.02. The summed E-state index contributed by atoms with van der Waals surface area (Å²) in [6.07, 6.45) is 4.19. The average Bonchev–Trinajstić information content (AvgIpc) is 2.27. The first kappa shape index (κ1) is 14.6. The van der Waals surface area contributed by atoms with Crippen molar-refractivity contribution in [3.05, 3.63) is 28.5 Å². The van der Waals surface area contributed by atoms with E-state index in [2.05, 4.69) is 56.0 Å². The molecular weight excluding hydrogens is 348 g/mol. The molecule has 1 atom stereocenters. The highest BCUT2D eigenvalue weighted by Crippen LogP contribution is 2.11. The molecule has 0 saturated carbocycles. The second kappa shape index (κ2) is 7.11. The van der Waals surface area contributed by atoms with Crippen LogP contribution in [0.3, 0.4) is 0 Å². The van der Waals surface area contributed by atoms with Gasteiger partial charge in [0, 0.05) is 28.2 Å². The van der Waals surface area contributed by atoms with Crippen LogP contribution in [0.15, 0.2) is 22.9 Å². The van der Waals surface area contributed by atoms with E-state index >= 15 is 0 Å². The maximum absolute atomic E-state index is 12.0. The number of aromatic nitrogens is 1. The van der Waals surface area contributed by atoms with Crippen LogP contribution in [0.25, 0.3) is 0 Å². The number of halogens is 2. The molecule has 1 aromatic heterocycles. The van der Waals surface area contributed by atoms with Crippen molar-refractivity contribution in [1.82, 2.24) is 10.3 Å². The van der Waals surface area contributed by atoms with Gasteiger partial charge in [0.2, 0.25) is 0 Å². The van der Waals surface area contributed by atoms with Gasteiger partial charge in [-0.05, 0) is 34.3 Å². The number of carbonyl (C=O) groups excluding carboxylic acids is 1. The van der Waals surface area contributed by atoms with Gasteiger partial charge in [0.25, 0.3) is 5.91 Å². The molecule has 0 radical (unpaired) electrons. The summed E-state index contributed by atoms with van der Waals surface area (Å²) in [6, 6.07) is 1.92. The first-order valence-corrected chi connectivity index (χ1v) is 7.41. The standard InChI is InChI=1S/C12H16Br2N2O/c1-8(2)3-11(5-13)16-12(17)9-4-10(14)7-15-6-9/h4,6-8,11H,3,5H2,1-2H3,(H,16,17). The summed E-state index contributed by atoms with van der Waals surface area (Å²) >= 11 is 6.72. The molecule has 0 saturated heterocycles. The minimum absolute atomic E-state index is 0.0797. The van der Waals surface area contributed by atoms with E-state index in [1.54, 1.807) is 18.5 Å². The van der Waals surface area contributed by atoms with E-state index < -0.39 is 0 Å². The van der Waals surface area contributed by atoms with Gasteiger partial charge < -0.3 is 5.32 Å². The minimum atomic E-state index is -0.0797. The van der Waals surface area contributed by atoms with E-state index in [0.717, 1.165) is 16.2 Å². The Labute approximate surface area is 119 Å². The fourth-order valence-corrected chi connectivity index (χ4v) is 2.33. The van der Waals surface area contributed by atoms with Crippen LogP contribution >= 0.6 is 31.9 Å². The Morgan fingerprint density at radius 3 is 2.71 bits per heavy atom. The summed E-state index contributed by atoms with van der Waals surface area (Å²) in [6.45, 7) is 4.28. The number of amides is 1. The van der Waals surface area contributed by atoms with Crippen molar-refractivity contribution in [2.45, 2.75) is 26.3 Å². The molecule has 5 heteroatoms. The maximum atomic E-state index is 12.0. The Balaban J connectivity index is 2.64. The van der Waals surface area contributed by atoms with E-state index in [1.807, 2.05) is 0 Å². The number of nitrogens with zero attached hydrogens (tertiary/aromatic N) is 1. The monoisotopic (exact) mass is 362 g/mol. The molecule has 17 heavy (non-hydrogen) atoms. The predicted molar refractivity (Wildman–Crippen MR) is 76.4 cm³/mol. The van der Waals surface area contributed by atoms with Crippen LogP contribution in [-0.4, -0.2) is 22.3 Å². The number of hydrogen-bond acceptors (Lipinski definition) is 2. The molecule has 0 aliphatic heterocycles. The Bertz CT molecular complexity index is 383. The number of carbonyl (C=O) groups is 1. The first-order valence-electron chi connectivity index (χ1n) is 5.50. The van der Waals surface area contributed by atoms with Gasteiger partial charge in [0.1, 0.15) is 0 Å². The Kier molecular flexibility index (Phi) is 6.12. The average molecular weight is 364 g/mol. The molecule has 0 spiro atoms. The smallest absolute Gasteiger partial charge is 0.253 e. The third-order valence-electron chi connectivity index (χ3n) is 2.24. The highest BCUT2D eigenvalue weighted by Gasteiger charge is 2.14. The Morgan fingerprint density at radius 2 is 2.18 bits per heavy atom. The third-order valence-corrected chi connectivity index (χ3v) is 3.46. The molecule has 1 rings (SSSR count). The van der Waals surface area contributed by atoms with Crippen molar-refractivity contribution in [3.63, 3.8) is 0 Å². The van der Waals surface area contributed by atoms with Crippen molar-refractivity contribution in [1.29, 1.82) is 0 Å². The van der Waals surface area contributed by atoms with Crippen LogP contribution in [0.5, 0.6) is 0 Å². The van der Waals surface area contributed by atoms with Crippen molar-refractivity contribution in [2.24, 2.45) is 5.92 Å². The lowest BCUT2D eigenvalue weighted by atomic mass is 10.1. The predicted octanol–water partition coefficient (Wildman–Crippen LogP) is 3.38. The van der Waals surface area contributed by atoms with Crippen molar-refractivity contribution < 1.29 is 4.79 Å². The quantitative estimate of drug-likeness (QED) is 0.814. The Hall–Kier alpha value is -0.420. The fraction of sp³-hybridized carbons (Fsp3) is 0.500. The molecule has 0 aliphatic carbocycles. The molecule has 0 aromatic carbocycles. The van der Waals surface area contributed by atoms with Crippen LogP contribution in [-0.2, 0) is 0 Å². The van der Waals surface area contributed by atoms with Crippen LogP contribution in [0, 0.1) is 5.92 Å². The van der Waals surface area contributed by atoms with E-state index in [9.17, 15) is 4.79 Å². The van der Waals surface area contributed by atoms with E-state index in [4.69, 9.17) is 0 Å². The lowest BCUT2D eigenvalue weighted by molar-refractivity contribution is 0.0936. The lowest BCUT2D eigenvalue weighted by Crippen LogP contribution is -2.37. The van der Waals surface area contributed by atoms with Crippen molar-refractivity contribution in [3.8, 4) is 0 Å². The van der Waals surface area contributed by atoms with E-state index in [-0.39, 0.29) is 11.9 Å². The van der Waals surface area contributed by atoms with Gasteiger partial charge in [-0.3, -0.25) is 9.78 Å². The number of hydrogen-bond donors (Lipinski definition) is 1. The molecule has 94 valence electrons. The van der Waals surface area contributed by atoms with Gasteiger partial charge in [-0.25, -0.2) is 0 Å². The zero-order chi connectivity index (χ0) is 12.8. The zero-order valence-electron chi connectivity index (χ0n) is 9.91. The summed E-state index contributed by atoms with van der Waals surface area (Å²) in [7, 11) is 0. The third kappa shape index (κ3) is 5.17. The van der Waals surface area contributed by atoms with Gasteiger partial charge in [-0.2, -0.15) is 0 Å². The largest absolute Gasteiger partial charge is 0.348 e. The van der Waals surface area contributed by atoms with Gasteiger partial charge in [0.05, 0.1) is 5.56 Å². The molecule has 1 N–H and O–H groups in total. The number of alkyl halides is 1. The minimum Gasteiger partial charge on any atom is -0.348 e. The van der Waals surface area contributed by atoms with Crippen LogP contribution in [0.2, 0.25) is 0 Å². The molecule has 0 aliphatic rings. The maximum Gasteiger partial charge on any atom is 0.253 e. The highest BCUT2D eigenvalue weighted by atomic mass is 79.9. The number of pyridine rings is 1. The topological polar surface area (TPSA) is 42.0 Å². The lowest BCUT2D eigenvalue weighted by Gasteiger charge is -2.18. The molecule has 1 amide bonds. The Morgan fingerprint density at radius 1 is 1.47 bits per heavy atom. The summed E-state index contributed by atoms with van der Waals surface area (Å²) < 4.78 is 0.810. The fourth-order valence-electron chi connectivity index (χ4n) is 1.53. The normalized spacial score (nSPS) is 12.5. The molecule has 1 heterocycles. The van der Waals surface area contributed by atoms with Crippen LogP contribution in [0.1, 0.15) is 30.6 Å². The molecule has 3 nitrogen and oxygen atoms in total. The summed E-state index contributed by atoms with van der Waals surface area (Å²) in [5, 5.41) is 3.76. The highest BCUT2D eigenvalue weighted by molar-refractivity contribution is 9.10. The summed E-state index contributed by atoms with van der Waals surface area (Å²) in [5.74, 6) is 0.474. The summed E-state index contributed by atoms with van der Waals surface area (Å²) in [5.41, 5.74) is 0.578. The molecule has 1 unspecified atom stereocenters. The molecular formula is C12H16Br2N2O. The van der Waals surface area contributed by atoms with E-state index in [1.165, 1.54) is 0 Å². The van der Waals surface area contributed by atoms with Crippen LogP contribution < -0.4 is 5.32 Å². The molecule has 0 bridgehead atoms. The molecule has 0 fully saturated rings. The number of nitrogens with one attached hydrogen (secondary N) is 1. The van der Waals surface area contributed by atoms with Gasteiger partial charge in [0.15, 0.2) is 0 Å². The number of rotatable bonds is 5. The van der Waals surface area contributed by atoms with Crippen LogP contribution in [0.4, 0.5) is 0 Å². The van der Waals surface area contributed by atoms with Gasteiger partial charge >= 0.3 is 0 Å². The van der Waals surface area contributed by atoms with E-state index in [0.29, 0.717) is 11.5 Å². The van der Waals surface area contributed by atoms with Gasteiger partial charge in [-0.15, -0.1) is 0 Å². The van der Waals surface area contributed by atoms with Crippen molar-refractivity contribution >= 4 is 37.8 Å². The second-order valence-corrected chi connectivity index (χ2v) is 5.91. The summed E-state index contributed by atoms with van der Waals surface area (Å²) in [4.78, 5) is 15.9. The van der Waals surface area contributed by atoms with Crippen molar-refractivity contribution in [2.75, 3.05) is 5.33 Å². The zero-order valence-corrected chi connectivity index (χ0v) is 13.1. The van der Waals surface area contributed by atoms with Gasteiger partial charge in [-0.1, -0.05) is 29.8 Å². The second-order valence-electron chi connectivity index (χ2n) is 4.35. The SMILES string of the molecule is CC(C)CC(CBr)NC(=O)c1cncc(Br)c1.